The highest BCUT2D eigenvalue weighted by molar-refractivity contribution is 7.99. The van der Waals surface area contributed by atoms with Gasteiger partial charge < -0.3 is 9.73 Å². The van der Waals surface area contributed by atoms with Crippen molar-refractivity contribution >= 4 is 17.7 Å². The summed E-state index contributed by atoms with van der Waals surface area (Å²) in [5.74, 6) is 2.61. The molecule has 0 aliphatic rings. The van der Waals surface area contributed by atoms with Crippen molar-refractivity contribution in [3.05, 3.63) is 95.7 Å². The van der Waals surface area contributed by atoms with Crippen LogP contribution in [0.2, 0.25) is 0 Å². The van der Waals surface area contributed by atoms with E-state index in [0.717, 1.165) is 47.4 Å². The Hall–Kier alpha value is -3.32. The van der Waals surface area contributed by atoms with E-state index < -0.39 is 0 Å². The molecule has 0 unspecified atom stereocenters. The summed E-state index contributed by atoms with van der Waals surface area (Å²) in [6.07, 6.45) is 4.59. The molecule has 0 saturated carbocycles. The van der Waals surface area contributed by atoms with Gasteiger partial charge in [-0.1, -0.05) is 60.3 Å². The fraction of sp³-hybridized carbons (Fsp3) is 0.269. The second kappa shape index (κ2) is 11.5. The third-order valence-corrected chi connectivity index (χ3v) is 6.35. The number of carbonyl (C=O) groups is 1. The first kappa shape index (κ1) is 22.9. The molecule has 6 nitrogen and oxygen atoms in total. The Balaban J connectivity index is 1.35. The van der Waals surface area contributed by atoms with Crippen LogP contribution in [-0.4, -0.2) is 26.4 Å². The molecule has 0 atom stereocenters. The predicted molar refractivity (Wildman–Crippen MR) is 130 cm³/mol. The van der Waals surface area contributed by atoms with Gasteiger partial charge in [-0.25, -0.2) is 0 Å². The molecule has 1 N–H and O–H groups in total. The molecule has 0 spiro atoms. The highest BCUT2D eigenvalue weighted by Crippen LogP contribution is 2.26. The Labute approximate surface area is 198 Å². The number of aryl methyl sites for hydroxylation is 1. The minimum Gasteiger partial charge on any atom is -0.467 e. The third kappa shape index (κ3) is 6.35. The molecule has 0 fully saturated rings. The lowest BCUT2D eigenvalue weighted by Gasteiger charge is -2.13. The molecule has 2 aromatic heterocycles. The largest absolute Gasteiger partial charge is 0.467 e. The number of amides is 1. The first-order valence-corrected chi connectivity index (χ1v) is 12.2. The van der Waals surface area contributed by atoms with Gasteiger partial charge in [0.15, 0.2) is 5.16 Å². The van der Waals surface area contributed by atoms with Crippen LogP contribution in [0.3, 0.4) is 0 Å². The second-order valence-corrected chi connectivity index (χ2v) is 8.91. The molecule has 0 bridgehead atoms. The number of para-hydroxylation sites is 1. The lowest BCUT2D eigenvalue weighted by molar-refractivity contribution is -0.121. The zero-order valence-corrected chi connectivity index (χ0v) is 19.6. The highest BCUT2D eigenvalue weighted by atomic mass is 32.2. The molecule has 0 aliphatic heterocycles. The molecule has 1 amide bonds. The van der Waals surface area contributed by atoms with Crippen molar-refractivity contribution in [1.29, 1.82) is 0 Å². The van der Waals surface area contributed by atoms with Crippen LogP contribution < -0.4 is 5.32 Å². The highest BCUT2D eigenvalue weighted by Gasteiger charge is 2.16. The van der Waals surface area contributed by atoms with Gasteiger partial charge in [-0.15, -0.1) is 10.2 Å². The van der Waals surface area contributed by atoms with Crippen molar-refractivity contribution in [3.8, 4) is 5.69 Å². The average Bonchev–Trinajstić information content (AvgIpc) is 3.49. The predicted octanol–water partition coefficient (Wildman–Crippen LogP) is 5.34. The number of hydrogen-bond donors (Lipinski definition) is 1. The molecular weight excluding hydrogens is 432 g/mol. The van der Waals surface area contributed by atoms with Crippen molar-refractivity contribution < 1.29 is 9.21 Å². The van der Waals surface area contributed by atoms with Crippen LogP contribution >= 0.6 is 11.8 Å². The molecule has 7 heteroatoms. The fourth-order valence-electron chi connectivity index (χ4n) is 3.58. The van der Waals surface area contributed by atoms with E-state index in [2.05, 4.69) is 51.3 Å². The Morgan fingerprint density at radius 1 is 1.00 bits per heavy atom. The van der Waals surface area contributed by atoms with Crippen LogP contribution in [0.25, 0.3) is 5.69 Å². The van der Waals surface area contributed by atoms with Crippen LogP contribution in [-0.2, 0) is 17.8 Å². The van der Waals surface area contributed by atoms with Crippen molar-refractivity contribution in [3.63, 3.8) is 0 Å². The summed E-state index contributed by atoms with van der Waals surface area (Å²) in [7, 11) is 0. The maximum Gasteiger partial charge on any atom is 0.220 e. The molecule has 0 saturated heterocycles. The van der Waals surface area contributed by atoms with Crippen molar-refractivity contribution in [2.24, 2.45) is 0 Å². The first-order chi connectivity index (χ1) is 16.2. The third-order valence-electron chi connectivity index (χ3n) is 5.33. The van der Waals surface area contributed by atoms with E-state index in [1.165, 1.54) is 11.1 Å². The van der Waals surface area contributed by atoms with Gasteiger partial charge in [-0.2, -0.15) is 0 Å². The lowest BCUT2D eigenvalue weighted by atomic mass is 10.1. The molecule has 4 aromatic rings. The van der Waals surface area contributed by atoms with Gasteiger partial charge in [0, 0.05) is 18.6 Å². The van der Waals surface area contributed by atoms with Crippen LogP contribution in [0.1, 0.15) is 42.0 Å². The standard InChI is InChI=1S/C26H28N4O2S/c1-20-10-5-6-14-23(20)30-24(18-21-11-3-2-4-12-21)28-29-26(30)33-17-8-7-15-25(31)27-19-22-13-9-16-32-22/h2-6,9-14,16H,7-8,15,17-19H2,1H3,(H,27,31). The summed E-state index contributed by atoms with van der Waals surface area (Å²) >= 11 is 1.69. The monoisotopic (exact) mass is 460 g/mol. The maximum atomic E-state index is 12.0. The van der Waals surface area contributed by atoms with E-state index >= 15 is 0 Å². The van der Waals surface area contributed by atoms with Crippen molar-refractivity contribution in [2.45, 2.75) is 44.3 Å². The number of rotatable bonds is 11. The smallest absolute Gasteiger partial charge is 0.220 e. The van der Waals surface area contributed by atoms with Crippen LogP contribution in [0.4, 0.5) is 0 Å². The zero-order valence-electron chi connectivity index (χ0n) is 18.7. The lowest BCUT2D eigenvalue weighted by Crippen LogP contribution is -2.22. The van der Waals surface area contributed by atoms with Gasteiger partial charge in [0.25, 0.3) is 0 Å². The quantitative estimate of drug-likeness (QED) is 0.242. The Morgan fingerprint density at radius 2 is 1.82 bits per heavy atom. The van der Waals surface area contributed by atoms with E-state index in [1.807, 2.05) is 42.5 Å². The maximum absolute atomic E-state index is 12.0. The molecule has 4 rings (SSSR count). The molecule has 33 heavy (non-hydrogen) atoms. The molecular formula is C26H28N4O2S. The SMILES string of the molecule is Cc1ccccc1-n1c(Cc2ccccc2)nnc1SCCCCC(=O)NCc1ccco1. The molecule has 2 aromatic carbocycles. The summed E-state index contributed by atoms with van der Waals surface area (Å²) in [5, 5.41) is 12.8. The van der Waals surface area contributed by atoms with Gasteiger partial charge in [0.05, 0.1) is 18.5 Å². The molecule has 0 aliphatic carbocycles. The number of benzene rings is 2. The van der Waals surface area contributed by atoms with Crippen LogP contribution in [0.15, 0.2) is 82.6 Å². The Morgan fingerprint density at radius 3 is 2.61 bits per heavy atom. The average molecular weight is 461 g/mol. The van der Waals surface area contributed by atoms with Crippen molar-refractivity contribution in [2.75, 3.05) is 5.75 Å². The van der Waals surface area contributed by atoms with Gasteiger partial charge in [0.1, 0.15) is 11.6 Å². The molecule has 0 radical (unpaired) electrons. The van der Waals surface area contributed by atoms with E-state index in [0.29, 0.717) is 13.0 Å². The number of unbranched alkanes of at least 4 members (excludes halogenated alkanes) is 1. The number of thioether (sulfide) groups is 1. The number of hydrogen-bond acceptors (Lipinski definition) is 5. The van der Waals surface area contributed by atoms with Gasteiger partial charge >= 0.3 is 0 Å². The van der Waals surface area contributed by atoms with Gasteiger partial charge in [0.2, 0.25) is 5.91 Å². The van der Waals surface area contributed by atoms with E-state index in [9.17, 15) is 4.79 Å². The number of furan rings is 1. The van der Waals surface area contributed by atoms with Crippen LogP contribution in [0, 0.1) is 6.92 Å². The summed E-state index contributed by atoms with van der Waals surface area (Å²) in [5.41, 5.74) is 3.49. The summed E-state index contributed by atoms with van der Waals surface area (Å²) < 4.78 is 7.41. The fourth-order valence-corrected chi connectivity index (χ4v) is 4.54. The number of aromatic nitrogens is 3. The minimum atomic E-state index is 0.0459. The zero-order chi connectivity index (χ0) is 22.9. The normalized spacial score (nSPS) is 10.9. The first-order valence-electron chi connectivity index (χ1n) is 11.2. The van der Waals surface area contributed by atoms with E-state index in [1.54, 1.807) is 18.0 Å². The summed E-state index contributed by atoms with van der Waals surface area (Å²) in [4.78, 5) is 12.0. The number of carbonyl (C=O) groups excluding carboxylic acids is 1. The summed E-state index contributed by atoms with van der Waals surface area (Å²) in [6.45, 7) is 2.54. The van der Waals surface area contributed by atoms with Gasteiger partial charge in [-0.05, 0) is 49.1 Å². The Bertz CT molecular complexity index is 1160. The number of nitrogens with one attached hydrogen (secondary N) is 1. The second-order valence-electron chi connectivity index (χ2n) is 7.84. The topological polar surface area (TPSA) is 73.0 Å². The molecule has 2 heterocycles. The van der Waals surface area contributed by atoms with Crippen LogP contribution in [0.5, 0.6) is 0 Å². The number of nitrogens with zero attached hydrogens (tertiary/aromatic N) is 3. The minimum absolute atomic E-state index is 0.0459. The Kier molecular flexibility index (Phi) is 7.98. The van der Waals surface area contributed by atoms with E-state index in [4.69, 9.17) is 4.42 Å². The molecule has 170 valence electrons. The van der Waals surface area contributed by atoms with Crippen molar-refractivity contribution in [1.82, 2.24) is 20.1 Å². The summed E-state index contributed by atoms with van der Waals surface area (Å²) in [6, 6.07) is 22.3. The van der Waals surface area contributed by atoms with Gasteiger partial charge in [-0.3, -0.25) is 9.36 Å². The van der Waals surface area contributed by atoms with E-state index in [-0.39, 0.29) is 5.91 Å².